The molecular weight excluding hydrogens is 330 g/mol. The van der Waals surface area contributed by atoms with E-state index >= 15 is 0 Å². The molecule has 1 saturated heterocycles. The number of nitrogens with zero attached hydrogens (tertiary/aromatic N) is 1. The number of fused-ring (bicyclic) bond motifs is 1. The van der Waals surface area contributed by atoms with Crippen molar-refractivity contribution in [2.45, 2.75) is 26.3 Å². The maximum Gasteiger partial charge on any atom is 0.335 e. The summed E-state index contributed by atoms with van der Waals surface area (Å²) in [6.07, 6.45) is 0.432. The molecule has 1 aliphatic heterocycles. The minimum absolute atomic E-state index is 0.0220. The first-order chi connectivity index (χ1) is 11.4. The molecule has 2 N–H and O–H groups in total. The van der Waals surface area contributed by atoms with Gasteiger partial charge in [0.25, 0.3) is 0 Å². The highest BCUT2D eigenvalue weighted by molar-refractivity contribution is 7.91. The second-order valence-corrected chi connectivity index (χ2v) is 8.16. The van der Waals surface area contributed by atoms with Gasteiger partial charge in [-0.1, -0.05) is 18.2 Å². The molecule has 2 heterocycles. The molecule has 3 rings (SSSR count). The fourth-order valence-electron chi connectivity index (χ4n) is 2.83. The SMILES string of the molecule is CC(=NNC(=O)NC1CCS(=O)(=O)C1)c1oc2ccccc2c1C. The minimum Gasteiger partial charge on any atom is -0.454 e. The summed E-state index contributed by atoms with van der Waals surface area (Å²) in [6.45, 7) is 3.68. The van der Waals surface area contributed by atoms with Crippen molar-refractivity contribution in [3.63, 3.8) is 0 Å². The standard InChI is InChI=1S/C16H19N3O4S/c1-10-13-5-3-4-6-14(13)23-15(10)11(2)18-19-16(20)17-12-7-8-24(21,22)9-12/h3-6,12H,7-9H2,1-2H3,(H2,17,19,20). The van der Waals surface area contributed by atoms with E-state index < -0.39 is 15.9 Å². The van der Waals surface area contributed by atoms with E-state index in [9.17, 15) is 13.2 Å². The smallest absolute Gasteiger partial charge is 0.335 e. The summed E-state index contributed by atoms with van der Waals surface area (Å²) in [5.41, 5.74) is 4.65. The first-order valence-corrected chi connectivity index (χ1v) is 9.47. The molecule has 1 aromatic carbocycles. The van der Waals surface area contributed by atoms with Crippen LogP contribution in [-0.2, 0) is 9.84 Å². The van der Waals surface area contributed by atoms with E-state index in [1.165, 1.54) is 0 Å². The van der Waals surface area contributed by atoms with E-state index in [4.69, 9.17) is 4.42 Å². The number of nitrogens with one attached hydrogen (secondary N) is 2. The molecule has 2 amide bonds. The van der Waals surface area contributed by atoms with Gasteiger partial charge in [0.2, 0.25) is 0 Å². The highest BCUT2D eigenvalue weighted by atomic mass is 32.2. The molecular formula is C16H19N3O4S. The lowest BCUT2D eigenvalue weighted by atomic mass is 10.1. The van der Waals surface area contributed by atoms with Crippen molar-refractivity contribution in [2.24, 2.45) is 5.10 Å². The van der Waals surface area contributed by atoms with Crippen molar-refractivity contribution >= 4 is 32.5 Å². The zero-order valence-corrected chi connectivity index (χ0v) is 14.3. The molecule has 1 aliphatic rings. The molecule has 8 heteroatoms. The Morgan fingerprint density at radius 1 is 1.33 bits per heavy atom. The maximum atomic E-state index is 11.8. The highest BCUT2D eigenvalue weighted by Crippen LogP contribution is 2.25. The predicted octanol–water partition coefficient (Wildman–Crippen LogP) is 1.95. The van der Waals surface area contributed by atoms with Crippen molar-refractivity contribution in [3.05, 3.63) is 35.6 Å². The number of hydrazone groups is 1. The third-order valence-corrected chi connectivity index (χ3v) is 5.83. The van der Waals surface area contributed by atoms with Crippen molar-refractivity contribution in [1.29, 1.82) is 0 Å². The van der Waals surface area contributed by atoms with E-state index in [0.717, 1.165) is 16.5 Å². The van der Waals surface area contributed by atoms with Crippen LogP contribution in [0.25, 0.3) is 11.0 Å². The summed E-state index contributed by atoms with van der Waals surface area (Å²) in [7, 11) is -3.03. The van der Waals surface area contributed by atoms with Crippen LogP contribution < -0.4 is 10.7 Å². The molecule has 0 bridgehead atoms. The van der Waals surface area contributed by atoms with Gasteiger partial charge in [-0.2, -0.15) is 5.10 Å². The third-order valence-electron chi connectivity index (χ3n) is 4.07. The van der Waals surface area contributed by atoms with Crippen molar-refractivity contribution in [1.82, 2.24) is 10.7 Å². The number of urea groups is 1. The lowest BCUT2D eigenvalue weighted by Gasteiger charge is -2.09. The zero-order chi connectivity index (χ0) is 17.3. The average Bonchev–Trinajstić information content (AvgIpc) is 3.05. The lowest BCUT2D eigenvalue weighted by Crippen LogP contribution is -2.41. The Bertz CT molecular complexity index is 915. The number of hydrogen-bond acceptors (Lipinski definition) is 5. The van der Waals surface area contributed by atoms with Gasteiger partial charge in [-0.15, -0.1) is 0 Å². The Labute approximate surface area is 140 Å². The number of benzene rings is 1. The van der Waals surface area contributed by atoms with E-state index in [0.29, 0.717) is 17.9 Å². The average molecular weight is 349 g/mol. The van der Waals surface area contributed by atoms with Gasteiger partial charge in [0, 0.05) is 17.0 Å². The van der Waals surface area contributed by atoms with Crippen LogP contribution in [0, 0.1) is 6.92 Å². The number of carbonyl (C=O) groups excluding carboxylic acids is 1. The zero-order valence-electron chi connectivity index (χ0n) is 13.5. The van der Waals surface area contributed by atoms with Crippen LogP contribution in [0.3, 0.4) is 0 Å². The van der Waals surface area contributed by atoms with Crippen molar-refractivity contribution < 1.29 is 17.6 Å². The fraction of sp³-hybridized carbons (Fsp3) is 0.375. The molecule has 1 aromatic heterocycles. The summed E-state index contributed by atoms with van der Waals surface area (Å²) < 4.78 is 28.5. The number of amides is 2. The summed E-state index contributed by atoms with van der Waals surface area (Å²) in [5, 5.41) is 7.66. The number of sulfone groups is 1. The summed E-state index contributed by atoms with van der Waals surface area (Å²) in [5.74, 6) is 0.699. The van der Waals surface area contributed by atoms with Gasteiger partial charge in [0.05, 0.1) is 11.5 Å². The Hall–Kier alpha value is -2.35. The second kappa shape index (κ2) is 6.27. The van der Waals surface area contributed by atoms with E-state index in [1.807, 2.05) is 31.2 Å². The Morgan fingerprint density at radius 3 is 2.75 bits per heavy atom. The van der Waals surface area contributed by atoms with Crippen molar-refractivity contribution in [3.8, 4) is 0 Å². The normalized spacial score (nSPS) is 20.2. The van der Waals surface area contributed by atoms with Crippen LogP contribution in [-0.4, -0.2) is 37.7 Å². The largest absolute Gasteiger partial charge is 0.454 e. The molecule has 0 saturated carbocycles. The van der Waals surface area contributed by atoms with Crippen molar-refractivity contribution in [2.75, 3.05) is 11.5 Å². The van der Waals surface area contributed by atoms with E-state index in [-0.39, 0.29) is 17.5 Å². The summed E-state index contributed by atoms with van der Waals surface area (Å²) >= 11 is 0. The lowest BCUT2D eigenvalue weighted by molar-refractivity contribution is 0.238. The number of carbonyl (C=O) groups is 1. The molecule has 24 heavy (non-hydrogen) atoms. The number of rotatable bonds is 3. The Morgan fingerprint density at radius 2 is 2.08 bits per heavy atom. The molecule has 1 atom stereocenters. The molecule has 0 radical (unpaired) electrons. The molecule has 1 fully saturated rings. The van der Waals surface area contributed by atoms with Gasteiger partial charge in [0.1, 0.15) is 11.3 Å². The fourth-order valence-corrected chi connectivity index (χ4v) is 4.50. The topological polar surface area (TPSA) is 101 Å². The first-order valence-electron chi connectivity index (χ1n) is 7.65. The number of para-hydroxylation sites is 1. The van der Waals surface area contributed by atoms with Crippen LogP contribution >= 0.6 is 0 Å². The molecule has 2 aromatic rings. The predicted molar refractivity (Wildman–Crippen MR) is 91.9 cm³/mol. The van der Waals surface area contributed by atoms with E-state index in [1.54, 1.807) is 6.92 Å². The highest BCUT2D eigenvalue weighted by Gasteiger charge is 2.28. The van der Waals surface area contributed by atoms with Gasteiger partial charge >= 0.3 is 6.03 Å². The van der Waals surface area contributed by atoms with Gasteiger partial charge in [-0.05, 0) is 26.3 Å². The quantitative estimate of drug-likeness (QED) is 0.653. The number of aryl methyl sites for hydroxylation is 1. The van der Waals surface area contributed by atoms with Crippen LogP contribution in [0.1, 0.15) is 24.7 Å². The Balaban J connectivity index is 1.67. The van der Waals surface area contributed by atoms with Gasteiger partial charge in [0.15, 0.2) is 15.6 Å². The number of hydrogen-bond donors (Lipinski definition) is 2. The third kappa shape index (κ3) is 3.43. The van der Waals surface area contributed by atoms with Crippen LogP contribution in [0.5, 0.6) is 0 Å². The monoisotopic (exact) mass is 349 g/mol. The van der Waals surface area contributed by atoms with Crippen LogP contribution in [0.15, 0.2) is 33.8 Å². The first kappa shape index (κ1) is 16.5. The molecule has 128 valence electrons. The maximum absolute atomic E-state index is 11.8. The summed E-state index contributed by atoms with van der Waals surface area (Å²) in [4.78, 5) is 11.8. The molecule has 1 unspecified atom stereocenters. The second-order valence-electron chi connectivity index (χ2n) is 5.93. The molecule has 7 nitrogen and oxygen atoms in total. The number of furan rings is 1. The summed E-state index contributed by atoms with van der Waals surface area (Å²) in [6, 6.07) is 6.78. The molecule has 0 aliphatic carbocycles. The van der Waals surface area contributed by atoms with Crippen LogP contribution in [0.2, 0.25) is 0 Å². The van der Waals surface area contributed by atoms with E-state index in [2.05, 4.69) is 15.8 Å². The Kier molecular flexibility index (Phi) is 4.31. The van der Waals surface area contributed by atoms with Gasteiger partial charge in [-0.25, -0.2) is 18.6 Å². The minimum atomic E-state index is -3.03. The molecule has 0 spiro atoms. The van der Waals surface area contributed by atoms with Gasteiger partial charge < -0.3 is 9.73 Å². The van der Waals surface area contributed by atoms with Gasteiger partial charge in [-0.3, -0.25) is 0 Å². The van der Waals surface area contributed by atoms with Crippen LogP contribution in [0.4, 0.5) is 4.79 Å².